The molecule has 0 saturated heterocycles. The number of amides is 3. The van der Waals surface area contributed by atoms with E-state index in [0.29, 0.717) is 35.3 Å². The number of hydrogen-bond acceptors (Lipinski definition) is 6. The minimum absolute atomic E-state index is 0.0487. The highest BCUT2D eigenvalue weighted by Crippen LogP contribution is 2.17. The van der Waals surface area contributed by atoms with Gasteiger partial charge in [0.15, 0.2) is 5.76 Å². The number of rotatable bonds is 7. The number of hydrogen-bond donors (Lipinski definition) is 3. The molecule has 0 bridgehead atoms. The Morgan fingerprint density at radius 3 is 2.43 bits per heavy atom. The molecule has 9 nitrogen and oxygen atoms in total. The van der Waals surface area contributed by atoms with Crippen molar-refractivity contribution < 1.29 is 18.5 Å². The second kappa shape index (κ2) is 8.85. The number of aryl methyl sites for hydroxylation is 1. The van der Waals surface area contributed by atoms with E-state index in [-0.39, 0.29) is 24.4 Å². The van der Waals surface area contributed by atoms with E-state index in [9.17, 15) is 9.59 Å². The summed E-state index contributed by atoms with van der Waals surface area (Å²) in [7, 11) is 0. The fourth-order valence-electron chi connectivity index (χ4n) is 2.37. The van der Waals surface area contributed by atoms with Gasteiger partial charge in [-0.05, 0) is 50.2 Å². The van der Waals surface area contributed by atoms with Crippen LogP contribution < -0.4 is 16.0 Å². The molecule has 3 aromatic rings. The number of carbonyl (C=O) groups is 2. The predicted molar refractivity (Wildman–Crippen MR) is 103 cm³/mol. The quantitative estimate of drug-likeness (QED) is 0.574. The van der Waals surface area contributed by atoms with E-state index in [1.807, 2.05) is 13.8 Å². The summed E-state index contributed by atoms with van der Waals surface area (Å²) in [6, 6.07) is 10.1. The summed E-state index contributed by atoms with van der Waals surface area (Å²) in [6.45, 7) is 3.76. The number of nitrogens with one attached hydrogen (secondary N) is 3. The normalized spacial score (nSPS) is 10.7. The molecule has 0 spiro atoms. The molecule has 146 valence electrons. The number of urea groups is 1. The van der Waals surface area contributed by atoms with Crippen LogP contribution in [0.25, 0.3) is 11.6 Å². The average Bonchev–Trinajstić information content (AvgIpc) is 3.32. The molecule has 0 atom stereocenters. The first kappa shape index (κ1) is 19.2. The third-order valence-corrected chi connectivity index (χ3v) is 3.62. The summed E-state index contributed by atoms with van der Waals surface area (Å²) < 4.78 is 10.3. The molecule has 3 N–H and O–H groups in total. The highest BCUT2D eigenvalue weighted by atomic mass is 16.5. The Kier molecular flexibility index (Phi) is 6.05. The lowest BCUT2D eigenvalue weighted by atomic mass is 10.2. The van der Waals surface area contributed by atoms with Gasteiger partial charge in [0, 0.05) is 30.3 Å². The Balaban J connectivity index is 1.46. The van der Waals surface area contributed by atoms with Crippen LogP contribution in [0, 0.1) is 0 Å². The Hall–Kier alpha value is -3.62. The molecule has 2 heterocycles. The zero-order valence-electron chi connectivity index (χ0n) is 15.6. The van der Waals surface area contributed by atoms with Crippen LogP contribution >= 0.6 is 0 Å². The molecule has 1 aromatic carbocycles. The van der Waals surface area contributed by atoms with E-state index in [4.69, 9.17) is 8.94 Å². The minimum atomic E-state index is -0.278. The number of furan rings is 1. The van der Waals surface area contributed by atoms with Crippen molar-refractivity contribution >= 4 is 23.3 Å². The molecule has 0 aliphatic heterocycles. The third-order valence-electron chi connectivity index (χ3n) is 3.62. The Labute approximate surface area is 161 Å². The predicted octanol–water partition coefficient (Wildman–Crippen LogP) is 3.43. The van der Waals surface area contributed by atoms with Gasteiger partial charge in [0.2, 0.25) is 17.6 Å². The van der Waals surface area contributed by atoms with Gasteiger partial charge in [-0.15, -0.1) is 0 Å². The molecule has 0 saturated carbocycles. The summed E-state index contributed by atoms with van der Waals surface area (Å²) in [4.78, 5) is 28.0. The summed E-state index contributed by atoms with van der Waals surface area (Å²) in [6.07, 6.45) is 2.03. The van der Waals surface area contributed by atoms with E-state index in [0.717, 1.165) is 0 Å². The number of aromatic nitrogens is 2. The highest BCUT2D eigenvalue weighted by molar-refractivity contribution is 5.92. The van der Waals surface area contributed by atoms with Crippen molar-refractivity contribution in [2.24, 2.45) is 0 Å². The van der Waals surface area contributed by atoms with E-state index in [2.05, 4.69) is 26.1 Å². The van der Waals surface area contributed by atoms with Crippen molar-refractivity contribution in [3.8, 4) is 11.6 Å². The van der Waals surface area contributed by atoms with Crippen LogP contribution in [-0.2, 0) is 11.2 Å². The van der Waals surface area contributed by atoms with Crippen molar-refractivity contribution in [3.05, 3.63) is 48.6 Å². The van der Waals surface area contributed by atoms with Gasteiger partial charge in [-0.25, -0.2) is 4.79 Å². The van der Waals surface area contributed by atoms with Crippen LogP contribution in [0.3, 0.4) is 0 Å². The van der Waals surface area contributed by atoms with E-state index in [1.54, 1.807) is 36.4 Å². The topological polar surface area (TPSA) is 122 Å². The maximum absolute atomic E-state index is 12.1. The summed E-state index contributed by atoms with van der Waals surface area (Å²) >= 11 is 0. The maximum atomic E-state index is 12.1. The fraction of sp³-hybridized carbons (Fsp3) is 0.263. The lowest BCUT2D eigenvalue weighted by molar-refractivity contribution is -0.116. The van der Waals surface area contributed by atoms with Crippen molar-refractivity contribution in [2.45, 2.75) is 32.7 Å². The van der Waals surface area contributed by atoms with Gasteiger partial charge in [-0.2, -0.15) is 4.98 Å². The molecule has 0 unspecified atom stereocenters. The molecule has 28 heavy (non-hydrogen) atoms. The van der Waals surface area contributed by atoms with Crippen LogP contribution in [0.1, 0.15) is 26.2 Å². The second-order valence-corrected chi connectivity index (χ2v) is 6.37. The molecule has 3 rings (SSSR count). The van der Waals surface area contributed by atoms with Gasteiger partial charge in [0.1, 0.15) is 0 Å². The molecule has 9 heteroatoms. The van der Waals surface area contributed by atoms with E-state index in [1.165, 1.54) is 6.26 Å². The monoisotopic (exact) mass is 383 g/mol. The molecular weight excluding hydrogens is 362 g/mol. The first-order valence-electron chi connectivity index (χ1n) is 8.83. The lowest BCUT2D eigenvalue weighted by Gasteiger charge is -2.10. The third kappa shape index (κ3) is 5.44. The standard InChI is InChI=1S/C19H21N5O4/c1-12(2)20-19(26)22-14-7-5-13(6-8-14)21-16(25)9-10-17-23-18(24-28-17)15-4-3-11-27-15/h3-8,11-12H,9-10H2,1-2H3,(H,21,25)(H2,20,22,26). The highest BCUT2D eigenvalue weighted by Gasteiger charge is 2.12. The smallest absolute Gasteiger partial charge is 0.319 e. The van der Waals surface area contributed by atoms with E-state index >= 15 is 0 Å². The Morgan fingerprint density at radius 2 is 1.79 bits per heavy atom. The molecule has 2 aromatic heterocycles. The number of benzene rings is 1. The minimum Gasteiger partial charge on any atom is -0.461 e. The van der Waals surface area contributed by atoms with Gasteiger partial charge in [-0.1, -0.05) is 5.16 Å². The van der Waals surface area contributed by atoms with Crippen LogP contribution in [0.15, 0.2) is 51.6 Å². The van der Waals surface area contributed by atoms with Gasteiger partial charge in [0.05, 0.1) is 6.26 Å². The van der Waals surface area contributed by atoms with Crippen molar-refractivity contribution in [2.75, 3.05) is 10.6 Å². The Morgan fingerprint density at radius 1 is 1.07 bits per heavy atom. The number of nitrogens with zero attached hydrogens (tertiary/aromatic N) is 2. The van der Waals surface area contributed by atoms with Crippen LogP contribution in [0.4, 0.5) is 16.2 Å². The van der Waals surface area contributed by atoms with Gasteiger partial charge in [-0.3, -0.25) is 4.79 Å². The second-order valence-electron chi connectivity index (χ2n) is 6.37. The van der Waals surface area contributed by atoms with Crippen LogP contribution in [0.5, 0.6) is 0 Å². The molecule has 0 fully saturated rings. The van der Waals surface area contributed by atoms with Crippen molar-refractivity contribution in [1.82, 2.24) is 15.5 Å². The van der Waals surface area contributed by atoms with E-state index < -0.39 is 0 Å². The van der Waals surface area contributed by atoms with Crippen molar-refractivity contribution in [3.63, 3.8) is 0 Å². The number of anilines is 2. The summed E-state index contributed by atoms with van der Waals surface area (Å²) in [5.74, 6) is 1.04. The molecule has 3 amide bonds. The molecular formula is C19H21N5O4. The molecule has 0 aliphatic rings. The number of carbonyl (C=O) groups excluding carboxylic acids is 2. The van der Waals surface area contributed by atoms with Crippen LogP contribution in [0.2, 0.25) is 0 Å². The van der Waals surface area contributed by atoms with Gasteiger partial charge >= 0.3 is 6.03 Å². The largest absolute Gasteiger partial charge is 0.461 e. The summed E-state index contributed by atoms with van der Waals surface area (Å²) in [5, 5.41) is 12.1. The lowest BCUT2D eigenvalue weighted by Crippen LogP contribution is -2.34. The average molecular weight is 383 g/mol. The molecule has 0 radical (unpaired) electrons. The zero-order chi connectivity index (χ0) is 19.9. The van der Waals surface area contributed by atoms with Gasteiger partial charge in [0.25, 0.3) is 0 Å². The maximum Gasteiger partial charge on any atom is 0.319 e. The van der Waals surface area contributed by atoms with Gasteiger partial charge < -0.3 is 24.9 Å². The molecule has 0 aliphatic carbocycles. The SMILES string of the molecule is CC(C)NC(=O)Nc1ccc(NC(=O)CCc2nc(-c3ccco3)no2)cc1. The van der Waals surface area contributed by atoms with Crippen molar-refractivity contribution in [1.29, 1.82) is 0 Å². The fourth-order valence-corrected chi connectivity index (χ4v) is 2.37. The zero-order valence-corrected chi connectivity index (χ0v) is 15.6. The summed E-state index contributed by atoms with van der Waals surface area (Å²) in [5.41, 5.74) is 1.26. The first-order valence-corrected chi connectivity index (χ1v) is 8.83. The Bertz CT molecular complexity index is 916. The first-order chi connectivity index (χ1) is 13.5. The van der Waals surface area contributed by atoms with Crippen LogP contribution in [-0.4, -0.2) is 28.1 Å².